The van der Waals surface area contributed by atoms with Crippen LogP contribution < -0.4 is 0 Å². The van der Waals surface area contributed by atoms with Gasteiger partial charge in [0.15, 0.2) is 0 Å². The molecule has 0 unspecified atom stereocenters. The molecule has 124 valence electrons. The van der Waals surface area contributed by atoms with Gasteiger partial charge in [-0.2, -0.15) is 5.10 Å². The van der Waals surface area contributed by atoms with Gasteiger partial charge in [0.2, 0.25) is 0 Å². The van der Waals surface area contributed by atoms with E-state index in [2.05, 4.69) is 5.10 Å². The van der Waals surface area contributed by atoms with Crippen molar-refractivity contribution in [1.82, 2.24) is 14.7 Å². The quantitative estimate of drug-likeness (QED) is 0.846. The van der Waals surface area contributed by atoms with Crippen molar-refractivity contribution in [3.63, 3.8) is 0 Å². The molecule has 0 N–H and O–H groups in total. The highest BCUT2D eigenvalue weighted by atomic mass is 35.5. The summed E-state index contributed by atoms with van der Waals surface area (Å²) in [6, 6.07) is 5.49. The number of benzene rings is 1. The van der Waals surface area contributed by atoms with Crippen molar-refractivity contribution in [3.8, 4) is 0 Å². The Kier molecular flexibility index (Phi) is 5.15. The second-order valence-electron chi connectivity index (χ2n) is 6.26. The van der Waals surface area contributed by atoms with Crippen molar-refractivity contribution >= 4 is 17.5 Å². The summed E-state index contributed by atoms with van der Waals surface area (Å²) in [5.74, 6) is 0.0248. The van der Waals surface area contributed by atoms with Crippen LogP contribution in [0.15, 0.2) is 18.2 Å². The fraction of sp³-hybridized carbons (Fsp3) is 0.444. The van der Waals surface area contributed by atoms with Crippen LogP contribution in [-0.2, 0) is 13.6 Å². The zero-order chi connectivity index (χ0) is 17.3. The molecule has 4 nitrogen and oxygen atoms in total. The van der Waals surface area contributed by atoms with Gasteiger partial charge in [0, 0.05) is 41.5 Å². The minimum atomic E-state index is 0.0248. The van der Waals surface area contributed by atoms with Gasteiger partial charge in [-0.3, -0.25) is 9.48 Å². The summed E-state index contributed by atoms with van der Waals surface area (Å²) < 4.78 is 1.86. The van der Waals surface area contributed by atoms with Crippen LogP contribution in [-0.4, -0.2) is 26.6 Å². The summed E-state index contributed by atoms with van der Waals surface area (Å²) >= 11 is 6.00. The molecule has 0 fully saturated rings. The van der Waals surface area contributed by atoms with E-state index < -0.39 is 0 Å². The second-order valence-corrected chi connectivity index (χ2v) is 6.70. The van der Waals surface area contributed by atoms with Crippen molar-refractivity contribution in [3.05, 3.63) is 51.3 Å². The standard InChI is InChI=1S/C18H24ClN3O/c1-11(2)22(10-17-13(4)20-21(6)14(17)5)18(23)16-8-7-15(19)9-12(16)3/h7-9,11H,10H2,1-6H3. The maximum atomic E-state index is 13.0. The van der Waals surface area contributed by atoms with Gasteiger partial charge in [-0.15, -0.1) is 0 Å². The molecule has 0 atom stereocenters. The van der Waals surface area contributed by atoms with Crippen LogP contribution in [0.2, 0.25) is 5.02 Å². The highest BCUT2D eigenvalue weighted by molar-refractivity contribution is 6.30. The molecule has 1 aromatic carbocycles. The first-order chi connectivity index (χ1) is 10.7. The molecule has 2 aromatic rings. The summed E-state index contributed by atoms with van der Waals surface area (Å²) in [6.07, 6.45) is 0. The molecule has 2 rings (SSSR count). The Morgan fingerprint density at radius 3 is 2.43 bits per heavy atom. The summed E-state index contributed by atoms with van der Waals surface area (Å²) in [7, 11) is 1.93. The van der Waals surface area contributed by atoms with Crippen LogP contribution in [0, 0.1) is 20.8 Å². The predicted octanol–water partition coefficient (Wildman–Crippen LogP) is 4.05. The molecule has 0 saturated heterocycles. The van der Waals surface area contributed by atoms with Gasteiger partial charge < -0.3 is 4.90 Å². The third kappa shape index (κ3) is 3.58. The maximum absolute atomic E-state index is 13.0. The lowest BCUT2D eigenvalue weighted by molar-refractivity contribution is 0.0689. The van der Waals surface area contributed by atoms with E-state index >= 15 is 0 Å². The van der Waals surface area contributed by atoms with Gasteiger partial charge in [-0.1, -0.05) is 11.6 Å². The molecule has 0 aliphatic carbocycles. The van der Waals surface area contributed by atoms with Crippen LogP contribution in [0.4, 0.5) is 0 Å². The summed E-state index contributed by atoms with van der Waals surface area (Å²) in [6.45, 7) is 10.6. The fourth-order valence-electron chi connectivity index (χ4n) is 2.73. The monoisotopic (exact) mass is 333 g/mol. The van der Waals surface area contributed by atoms with Gasteiger partial charge in [-0.05, 0) is 58.4 Å². The summed E-state index contributed by atoms with van der Waals surface area (Å²) in [5.41, 5.74) is 4.77. The Hall–Kier alpha value is -1.81. The number of aromatic nitrogens is 2. The van der Waals surface area contributed by atoms with E-state index in [1.807, 2.05) is 57.3 Å². The SMILES string of the molecule is Cc1cc(Cl)ccc1C(=O)N(Cc1c(C)nn(C)c1C)C(C)C. The third-order valence-electron chi connectivity index (χ3n) is 4.29. The first-order valence-corrected chi connectivity index (χ1v) is 8.16. The molecule has 1 amide bonds. The molecule has 0 aliphatic rings. The molecule has 0 bridgehead atoms. The fourth-order valence-corrected chi connectivity index (χ4v) is 2.95. The number of nitrogens with zero attached hydrogens (tertiary/aromatic N) is 3. The Bertz CT molecular complexity index is 734. The Labute approximate surface area is 143 Å². The van der Waals surface area contributed by atoms with Crippen LogP contribution in [0.5, 0.6) is 0 Å². The van der Waals surface area contributed by atoms with E-state index in [1.165, 1.54) is 0 Å². The zero-order valence-corrected chi connectivity index (χ0v) is 15.4. The number of hydrogen-bond donors (Lipinski definition) is 0. The predicted molar refractivity (Wildman–Crippen MR) is 93.9 cm³/mol. The van der Waals surface area contributed by atoms with E-state index in [4.69, 9.17) is 11.6 Å². The number of halogens is 1. The molecule has 1 heterocycles. The number of aryl methyl sites for hydroxylation is 3. The number of hydrogen-bond acceptors (Lipinski definition) is 2. The average Bonchev–Trinajstić information content (AvgIpc) is 2.69. The molecule has 1 aromatic heterocycles. The normalized spacial score (nSPS) is 11.1. The average molecular weight is 334 g/mol. The first-order valence-electron chi connectivity index (χ1n) is 7.78. The van der Waals surface area contributed by atoms with Crippen LogP contribution in [0.25, 0.3) is 0 Å². The first kappa shape index (κ1) is 17.5. The van der Waals surface area contributed by atoms with E-state index in [0.717, 1.165) is 22.5 Å². The van der Waals surface area contributed by atoms with Crippen molar-refractivity contribution in [2.24, 2.45) is 7.05 Å². The van der Waals surface area contributed by atoms with E-state index in [-0.39, 0.29) is 11.9 Å². The second kappa shape index (κ2) is 6.75. The number of amides is 1. The molecule has 0 saturated carbocycles. The smallest absolute Gasteiger partial charge is 0.254 e. The molecule has 0 spiro atoms. The molecule has 0 radical (unpaired) electrons. The topological polar surface area (TPSA) is 38.1 Å². The number of carbonyl (C=O) groups is 1. The minimum Gasteiger partial charge on any atom is -0.332 e. The zero-order valence-electron chi connectivity index (χ0n) is 14.6. The van der Waals surface area contributed by atoms with Gasteiger partial charge in [0.25, 0.3) is 5.91 Å². The largest absolute Gasteiger partial charge is 0.332 e. The molecule has 5 heteroatoms. The highest BCUT2D eigenvalue weighted by Gasteiger charge is 2.23. The van der Waals surface area contributed by atoms with Gasteiger partial charge >= 0.3 is 0 Å². The molecular weight excluding hydrogens is 310 g/mol. The number of carbonyl (C=O) groups excluding carboxylic acids is 1. The third-order valence-corrected chi connectivity index (χ3v) is 4.53. The van der Waals surface area contributed by atoms with E-state index in [0.29, 0.717) is 17.1 Å². The lowest BCUT2D eigenvalue weighted by atomic mass is 10.1. The van der Waals surface area contributed by atoms with Gasteiger partial charge in [-0.25, -0.2) is 0 Å². The van der Waals surface area contributed by atoms with Crippen LogP contribution in [0.3, 0.4) is 0 Å². The molecular formula is C18H24ClN3O. The lowest BCUT2D eigenvalue weighted by Gasteiger charge is -2.28. The lowest BCUT2D eigenvalue weighted by Crippen LogP contribution is -2.37. The Morgan fingerprint density at radius 2 is 1.96 bits per heavy atom. The summed E-state index contributed by atoms with van der Waals surface area (Å²) in [5, 5.41) is 5.09. The highest BCUT2D eigenvalue weighted by Crippen LogP contribution is 2.21. The maximum Gasteiger partial charge on any atom is 0.254 e. The van der Waals surface area contributed by atoms with Crippen LogP contribution in [0.1, 0.15) is 46.7 Å². The Morgan fingerprint density at radius 1 is 1.30 bits per heavy atom. The van der Waals surface area contributed by atoms with Gasteiger partial charge in [0.05, 0.1) is 5.69 Å². The van der Waals surface area contributed by atoms with Crippen molar-refractivity contribution in [1.29, 1.82) is 0 Å². The molecule has 23 heavy (non-hydrogen) atoms. The number of rotatable bonds is 4. The van der Waals surface area contributed by atoms with Crippen molar-refractivity contribution in [2.45, 2.75) is 47.2 Å². The van der Waals surface area contributed by atoms with Gasteiger partial charge in [0.1, 0.15) is 0 Å². The minimum absolute atomic E-state index is 0.0248. The van der Waals surface area contributed by atoms with Crippen molar-refractivity contribution < 1.29 is 4.79 Å². The Balaban J connectivity index is 2.36. The van der Waals surface area contributed by atoms with E-state index in [9.17, 15) is 4.79 Å². The summed E-state index contributed by atoms with van der Waals surface area (Å²) in [4.78, 5) is 14.9. The molecule has 0 aliphatic heterocycles. The van der Waals surface area contributed by atoms with Crippen molar-refractivity contribution in [2.75, 3.05) is 0 Å². The van der Waals surface area contributed by atoms with Crippen LogP contribution >= 0.6 is 11.6 Å². The van der Waals surface area contributed by atoms with E-state index in [1.54, 1.807) is 12.1 Å².